The number of carbonyl (C=O) groups excluding carboxylic acids is 1. The van der Waals surface area contributed by atoms with Crippen molar-refractivity contribution in [2.75, 3.05) is 7.05 Å². The highest BCUT2D eigenvalue weighted by Gasteiger charge is 2.19. The van der Waals surface area contributed by atoms with Gasteiger partial charge < -0.3 is 4.74 Å². The van der Waals surface area contributed by atoms with Crippen LogP contribution in [0, 0.1) is 11.6 Å². The SMILES string of the molecule is CN(/N=C/c1ccc(F)c(Br)c1F)C(=O)OC(C)(C)C. The average molecular weight is 349 g/mol. The summed E-state index contributed by atoms with van der Waals surface area (Å²) in [5.74, 6) is -1.49. The molecular formula is C13H15BrF2N2O2. The monoisotopic (exact) mass is 348 g/mol. The van der Waals surface area contributed by atoms with E-state index in [2.05, 4.69) is 21.0 Å². The molecule has 0 atom stereocenters. The molecule has 0 saturated carbocycles. The number of halogens is 3. The quantitative estimate of drug-likeness (QED) is 0.461. The predicted octanol–water partition coefficient (Wildman–Crippen LogP) is 3.93. The van der Waals surface area contributed by atoms with Gasteiger partial charge in [0.2, 0.25) is 0 Å². The minimum atomic E-state index is -0.786. The van der Waals surface area contributed by atoms with Crippen LogP contribution in [0.1, 0.15) is 26.3 Å². The lowest BCUT2D eigenvalue weighted by molar-refractivity contribution is 0.0304. The first-order valence-corrected chi connectivity index (χ1v) is 6.55. The first-order valence-electron chi connectivity index (χ1n) is 5.76. The van der Waals surface area contributed by atoms with Crippen LogP contribution in [0.3, 0.4) is 0 Å². The molecule has 1 aromatic carbocycles. The predicted molar refractivity (Wildman–Crippen MR) is 75.6 cm³/mol. The third-order valence-corrected chi connectivity index (χ3v) is 2.82. The van der Waals surface area contributed by atoms with E-state index in [-0.39, 0.29) is 10.0 Å². The van der Waals surface area contributed by atoms with E-state index in [0.717, 1.165) is 17.3 Å². The molecule has 0 aliphatic carbocycles. The fourth-order valence-corrected chi connectivity index (χ4v) is 1.53. The van der Waals surface area contributed by atoms with Gasteiger partial charge in [-0.05, 0) is 48.8 Å². The van der Waals surface area contributed by atoms with Crippen LogP contribution < -0.4 is 0 Å². The van der Waals surface area contributed by atoms with E-state index in [1.165, 1.54) is 13.1 Å². The van der Waals surface area contributed by atoms with Crippen LogP contribution >= 0.6 is 15.9 Å². The Kier molecular flexibility index (Phi) is 5.21. The van der Waals surface area contributed by atoms with E-state index in [4.69, 9.17) is 4.74 Å². The Hall–Kier alpha value is -1.50. The zero-order valence-corrected chi connectivity index (χ0v) is 13.2. The van der Waals surface area contributed by atoms with Crippen molar-refractivity contribution in [1.82, 2.24) is 5.01 Å². The molecule has 0 bridgehead atoms. The van der Waals surface area contributed by atoms with Crippen molar-refractivity contribution in [2.45, 2.75) is 26.4 Å². The molecule has 0 N–H and O–H groups in total. The first-order chi connectivity index (χ1) is 9.11. The lowest BCUT2D eigenvalue weighted by atomic mass is 10.2. The molecule has 110 valence electrons. The van der Waals surface area contributed by atoms with E-state index in [1.54, 1.807) is 20.8 Å². The lowest BCUT2D eigenvalue weighted by Gasteiger charge is -2.21. The van der Waals surface area contributed by atoms with Crippen molar-refractivity contribution in [3.8, 4) is 0 Å². The summed E-state index contributed by atoms with van der Waals surface area (Å²) >= 11 is 2.79. The number of rotatable bonds is 2. The number of nitrogens with zero attached hydrogens (tertiary/aromatic N) is 2. The average Bonchev–Trinajstić information content (AvgIpc) is 2.32. The van der Waals surface area contributed by atoms with Gasteiger partial charge in [-0.2, -0.15) is 5.10 Å². The first kappa shape index (κ1) is 16.6. The van der Waals surface area contributed by atoms with Gasteiger partial charge in [0.1, 0.15) is 17.2 Å². The molecular weight excluding hydrogens is 334 g/mol. The Bertz CT molecular complexity index is 542. The molecule has 7 heteroatoms. The van der Waals surface area contributed by atoms with E-state index in [0.29, 0.717) is 0 Å². The molecule has 0 heterocycles. The van der Waals surface area contributed by atoms with Crippen molar-refractivity contribution in [3.63, 3.8) is 0 Å². The third-order valence-electron chi connectivity index (χ3n) is 2.09. The van der Waals surface area contributed by atoms with E-state index >= 15 is 0 Å². The molecule has 0 unspecified atom stereocenters. The van der Waals surface area contributed by atoms with Crippen LogP contribution in [0.15, 0.2) is 21.7 Å². The van der Waals surface area contributed by atoms with Crippen molar-refractivity contribution in [2.24, 2.45) is 5.10 Å². The Balaban J connectivity index is 2.83. The largest absolute Gasteiger partial charge is 0.442 e. The molecule has 20 heavy (non-hydrogen) atoms. The summed E-state index contributed by atoms with van der Waals surface area (Å²) in [6.45, 7) is 5.16. The topological polar surface area (TPSA) is 41.9 Å². The highest BCUT2D eigenvalue weighted by Crippen LogP contribution is 2.21. The number of hydrazone groups is 1. The van der Waals surface area contributed by atoms with Crippen LogP contribution in [-0.4, -0.2) is 30.0 Å². The van der Waals surface area contributed by atoms with Crippen molar-refractivity contribution < 1.29 is 18.3 Å². The maximum Gasteiger partial charge on any atom is 0.430 e. The third kappa shape index (κ3) is 4.56. The standard InChI is InChI=1S/C13H15BrF2N2O2/c1-13(2,3)20-12(19)18(4)17-7-8-5-6-9(15)10(14)11(8)16/h5-7H,1-4H3/b17-7+. The lowest BCUT2D eigenvalue weighted by Crippen LogP contribution is -2.31. The van der Waals surface area contributed by atoms with Gasteiger partial charge in [-0.3, -0.25) is 0 Å². The van der Waals surface area contributed by atoms with Crippen LogP contribution in [0.5, 0.6) is 0 Å². The van der Waals surface area contributed by atoms with Crippen molar-refractivity contribution in [1.29, 1.82) is 0 Å². The smallest absolute Gasteiger partial charge is 0.430 e. The molecule has 0 radical (unpaired) electrons. The summed E-state index contributed by atoms with van der Waals surface area (Å²) in [7, 11) is 1.38. The highest BCUT2D eigenvalue weighted by atomic mass is 79.9. The van der Waals surface area contributed by atoms with Crippen LogP contribution in [0.4, 0.5) is 13.6 Å². The Labute approximate surface area is 124 Å². The molecule has 1 aromatic rings. The minimum absolute atomic E-state index is 0.0497. The van der Waals surface area contributed by atoms with Crippen LogP contribution in [0.25, 0.3) is 0 Å². The second-order valence-corrected chi connectivity index (χ2v) is 5.81. The minimum Gasteiger partial charge on any atom is -0.442 e. The second-order valence-electron chi connectivity index (χ2n) is 5.01. The van der Waals surface area contributed by atoms with Crippen LogP contribution in [0.2, 0.25) is 0 Å². The summed E-state index contributed by atoms with van der Waals surface area (Å²) < 4.78 is 31.5. The van der Waals surface area contributed by atoms with Gasteiger partial charge in [0.25, 0.3) is 0 Å². The number of ether oxygens (including phenoxy) is 1. The molecule has 0 aromatic heterocycles. The maximum atomic E-state index is 13.7. The van der Waals surface area contributed by atoms with E-state index < -0.39 is 23.3 Å². The molecule has 1 amide bonds. The van der Waals surface area contributed by atoms with Gasteiger partial charge >= 0.3 is 6.09 Å². The molecule has 0 fully saturated rings. The van der Waals surface area contributed by atoms with E-state index in [9.17, 15) is 13.6 Å². The van der Waals surface area contributed by atoms with Gasteiger partial charge in [-0.1, -0.05) is 0 Å². The highest BCUT2D eigenvalue weighted by molar-refractivity contribution is 9.10. The normalized spacial score (nSPS) is 11.8. The van der Waals surface area contributed by atoms with Gasteiger partial charge in [0.05, 0.1) is 10.7 Å². The Morgan fingerprint density at radius 2 is 2.00 bits per heavy atom. The van der Waals surface area contributed by atoms with Gasteiger partial charge in [-0.25, -0.2) is 18.6 Å². The molecule has 4 nitrogen and oxygen atoms in total. The number of carbonyl (C=O) groups is 1. The summed E-state index contributed by atoms with van der Waals surface area (Å²) in [6.07, 6.45) is 0.444. The molecule has 0 spiro atoms. The van der Waals surface area contributed by atoms with Crippen molar-refractivity contribution in [3.05, 3.63) is 33.8 Å². The fourth-order valence-electron chi connectivity index (χ4n) is 1.16. The molecule has 0 saturated heterocycles. The number of amides is 1. The molecule has 0 aliphatic heterocycles. The zero-order valence-electron chi connectivity index (χ0n) is 11.6. The zero-order chi connectivity index (χ0) is 15.5. The number of hydrogen-bond acceptors (Lipinski definition) is 3. The van der Waals surface area contributed by atoms with Crippen LogP contribution in [-0.2, 0) is 4.74 Å². The Morgan fingerprint density at radius 3 is 2.55 bits per heavy atom. The van der Waals surface area contributed by atoms with Gasteiger partial charge in [-0.15, -0.1) is 0 Å². The molecule has 0 aliphatic rings. The maximum absolute atomic E-state index is 13.7. The van der Waals surface area contributed by atoms with Gasteiger partial charge in [0.15, 0.2) is 0 Å². The Morgan fingerprint density at radius 1 is 1.40 bits per heavy atom. The van der Waals surface area contributed by atoms with Crippen molar-refractivity contribution >= 4 is 28.2 Å². The summed E-state index contributed by atoms with van der Waals surface area (Å²) in [4.78, 5) is 11.6. The molecule has 1 rings (SSSR count). The summed E-state index contributed by atoms with van der Waals surface area (Å²) in [6, 6.07) is 2.32. The van der Waals surface area contributed by atoms with E-state index in [1.807, 2.05) is 0 Å². The number of hydrogen-bond donors (Lipinski definition) is 0. The summed E-state index contributed by atoms with van der Waals surface area (Å²) in [5, 5.41) is 4.69. The fraction of sp³-hybridized carbons (Fsp3) is 0.385. The summed E-state index contributed by atoms with van der Waals surface area (Å²) in [5.41, 5.74) is -0.598. The number of benzene rings is 1. The van der Waals surface area contributed by atoms with Gasteiger partial charge in [0, 0.05) is 12.6 Å². The second kappa shape index (κ2) is 6.30.